The smallest absolute Gasteiger partial charge is 0.324 e. The third-order valence-electron chi connectivity index (χ3n) is 10.1. The van der Waals surface area contributed by atoms with Gasteiger partial charge < -0.3 is 15.1 Å². The van der Waals surface area contributed by atoms with Crippen molar-refractivity contribution in [2.75, 3.05) is 40.8 Å². The summed E-state index contributed by atoms with van der Waals surface area (Å²) in [6.07, 6.45) is 11.7. The Morgan fingerprint density at radius 2 is 1.89 bits per heavy atom. The molecule has 0 saturated heterocycles. The zero-order valence-corrected chi connectivity index (χ0v) is 23.5. The van der Waals surface area contributed by atoms with Gasteiger partial charge in [0.15, 0.2) is 0 Å². The number of urea groups is 1. The first kappa shape index (κ1) is 26.6. The van der Waals surface area contributed by atoms with Crippen molar-refractivity contribution in [3.63, 3.8) is 0 Å². The Balaban J connectivity index is 1.70. The molecule has 0 aromatic heterocycles. The maximum atomic E-state index is 13.8. The second-order valence-corrected chi connectivity index (χ2v) is 12.6. The van der Waals surface area contributed by atoms with Gasteiger partial charge in [-0.3, -0.25) is 9.69 Å². The lowest BCUT2D eigenvalue weighted by Crippen LogP contribution is -2.64. The molecule has 1 N–H and O–H groups in total. The van der Waals surface area contributed by atoms with E-state index in [0.717, 1.165) is 44.8 Å². The Morgan fingerprint density at radius 3 is 2.54 bits per heavy atom. The van der Waals surface area contributed by atoms with E-state index in [2.05, 4.69) is 56.1 Å². The van der Waals surface area contributed by atoms with Crippen molar-refractivity contribution in [3.05, 3.63) is 11.6 Å². The van der Waals surface area contributed by atoms with Gasteiger partial charge in [0.05, 0.1) is 11.6 Å². The Labute approximate surface area is 217 Å². The molecule has 4 rings (SSSR count). The van der Waals surface area contributed by atoms with Crippen LogP contribution in [0.2, 0.25) is 0 Å². The molecule has 7 heteroatoms. The van der Waals surface area contributed by atoms with Crippen LogP contribution in [0.4, 0.5) is 4.79 Å². The van der Waals surface area contributed by atoms with Crippen LogP contribution in [-0.4, -0.2) is 78.4 Å². The first-order valence-corrected chi connectivity index (χ1v) is 14.2. The molecule has 1 unspecified atom stereocenters. The van der Waals surface area contributed by atoms with Crippen molar-refractivity contribution in [1.82, 2.24) is 20.0 Å². The van der Waals surface area contributed by atoms with E-state index in [1.54, 1.807) is 7.05 Å². The van der Waals surface area contributed by atoms with E-state index in [4.69, 9.17) is 12.2 Å². The lowest BCUT2D eigenvalue weighted by molar-refractivity contribution is -0.135. The van der Waals surface area contributed by atoms with Crippen LogP contribution in [0.1, 0.15) is 72.1 Å². The highest BCUT2D eigenvalue weighted by Crippen LogP contribution is 2.64. The molecule has 3 saturated carbocycles. The lowest BCUT2D eigenvalue weighted by Gasteiger charge is -2.60. The summed E-state index contributed by atoms with van der Waals surface area (Å²) in [5, 5.41) is 2.76. The van der Waals surface area contributed by atoms with Gasteiger partial charge in [0.2, 0.25) is 0 Å². The van der Waals surface area contributed by atoms with E-state index in [1.165, 1.54) is 37.0 Å². The molecule has 35 heavy (non-hydrogen) atoms. The summed E-state index contributed by atoms with van der Waals surface area (Å²) in [6.45, 7) is 9.46. The molecule has 0 aromatic rings. The van der Waals surface area contributed by atoms with Crippen molar-refractivity contribution in [2.24, 2.45) is 28.6 Å². The number of rotatable bonds is 6. The van der Waals surface area contributed by atoms with Gasteiger partial charge in [-0.2, -0.15) is 0 Å². The SMILES string of the molecule is CCN(CCCN(C)C)C(=S)C1=C[C@@]2(C)C(CC[C@@H]3[C@H]2CC[C@]2(C)CCC[C@@H]32)N(C(=O)NC)C1=O. The minimum Gasteiger partial charge on any atom is -0.362 e. The number of thiocarbonyl (C=S) groups is 1. The number of likely N-dealkylation sites (N-methyl/N-ethyl adjacent to an activating group) is 1. The van der Waals surface area contributed by atoms with Gasteiger partial charge in [-0.15, -0.1) is 0 Å². The van der Waals surface area contributed by atoms with Crippen LogP contribution in [0, 0.1) is 28.6 Å². The van der Waals surface area contributed by atoms with Crippen molar-refractivity contribution in [3.8, 4) is 0 Å². The number of imide groups is 1. The quantitative estimate of drug-likeness (QED) is 0.534. The predicted octanol–water partition coefficient (Wildman–Crippen LogP) is 4.70. The number of nitrogens with zero attached hydrogens (tertiary/aromatic N) is 3. The molecule has 0 bridgehead atoms. The fourth-order valence-corrected chi connectivity index (χ4v) is 8.64. The summed E-state index contributed by atoms with van der Waals surface area (Å²) >= 11 is 5.97. The van der Waals surface area contributed by atoms with Gasteiger partial charge in [-0.05, 0) is 95.7 Å². The minimum absolute atomic E-state index is 0.0997. The molecule has 1 aliphatic heterocycles. The molecular formula is C28H46N4O2S. The molecule has 3 aliphatic carbocycles. The summed E-state index contributed by atoms with van der Waals surface area (Å²) in [5.74, 6) is 1.71. The summed E-state index contributed by atoms with van der Waals surface area (Å²) in [5.41, 5.74) is 0.799. The number of hydrogen-bond acceptors (Lipinski definition) is 4. The first-order chi connectivity index (χ1) is 16.6. The number of carbonyl (C=O) groups excluding carboxylic acids is 2. The third-order valence-corrected chi connectivity index (χ3v) is 10.6. The van der Waals surface area contributed by atoms with Gasteiger partial charge in [0.1, 0.15) is 4.99 Å². The Morgan fingerprint density at radius 1 is 1.14 bits per heavy atom. The zero-order valence-electron chi connectivity index (χ0n) is 22.7. The first-order valence-electron chi connectivity index (χ1n) is 13.8. The second kappa shape index (κ2) is 10.1. The van der Waals surface area contributed by atoms with Crippen LogP contribution in [0.5, 0.6) is 0 Å². The van der Waals surface area contributed by atoms with Crippen molar-refractivity contribution < 1.29 is 9.59 Å². The van der Waals surface area contributed by atoms with Crippen molar-refractivity contribution in [1.29, 1.82) is 0 Å². The summed E-state index contributed by atoms with van der Waals surface area (Å²) < 4.78 is 0. The van der Waals surface area contributed by atoms with Crippen LogP contribution in [0.15, 0.2) is 11.6 Å². The maximum Gasteiger partial charge on any atom is 0.324 e. The molecule has 1 heterocycles. The predicted molar refractivity (Wildman–Crippen MR) is 145 cm³/mol. The van der Waals surface area contributed by atoms with Crippen LogP contribution in [-0.2, 0) is 4.79 Å². The fraction of sp³-hybridized carbons (Fsp3) is 0.821. The largest absolute Gasteiger partial charge is 0.362 e. The van der Waals surface area contributed by atoms with Crippen molar-refractivity contribution in [2.45, 2.75) is 78.2 Å². The van der Waals surface area contributed by atoms with Gasteiger partial charge in [-0.1, -0.05) is 38.6 Å². The van der Waals surface area contributed by atoms with E-state index in [9.17, 15) is 9.59 Å². The number of hydrogen-bond donors (Lipinski definition) is 1. The highest BCUT2D eigenvalue weighted by Gasteiger charge is 2.60. The van der Waals surface area contributed by atoms with E-state index in [1.807, 2.05) is 0 Å². The molecule has 0 aromatic carbocycles. The topological polar surface area (TPSA) is 55.9 Å². The number of fused-ring (bicyclic) bond motifs is 5. The standard InChI is InChI=1S/C28H46N4O2S/c1-7-31(17-9-16-30(5)6)25(35)20-18-28(3)22-13-15-27(2)14-8-10-21(27)19(22)11-12-23(28)32(24(20)33)26(34)29-4/h18-19,21-23H,7-17H2,1-6H3,(H,29,34)/t19-,21-,22+,23?,27-,28+/m0/s1. The monoisotopic (exact) mass is 502 g/mol. The third kappa shape index (κ3) is 4.56. The lowest BCUT2D eigenvalue weighted by atomic mass is 9.48. The molecule has 3 fully saturated rings. The molecule has 6 nitrogen and oxygen atoms in total. The van der Waals surface area contributed by atoms with Crippen LogP contribution in [0.25, 0.3) is 0 Å². The minimum atomic E-state index is -0.296. The van der Waals surface area contributed by atoms with Crippen LogP contribution >= 0.6 is 12.2 Å². The highest BCUT2D eigenvalue weighted by atomic mass is 32.1. The summed E-state index contributed by atoms with van der Waals surface area (Å²) in [6, 6.07) is -0.396. The van der Waals surface area contributed by atoms with Crippen LogP contribution in [0.3, 0.4) is 0 Å². The molecule has 4 aliphatic rings. The summed E-state index contributed by atoms with van der Waals surface area (Å²) in [4.78, 5) is 33.4. The summed E-state index contributed by atoms with van der Waals surface area (Å²) in [7, 11) is 5.77. The van der Waals surface area contributed by atoms with Crippen LogP contribution < -0.4 is 5.32 Å². The maximum absolute atomic E-state index is 13.8. The van der Waals surface area contributed by atoms with E-state index in [0.29, 0.717) is 27.8 Å². The van der Waals surface area contributed by atoms with E-state index in [-0.39, 0.29) is 23.4 Å². The van der Waals surface area contributed by atoms with E-state index >= 15 is 0 Å². The molecular weight excluding hydrogens is 456 g/mol. The Kier molecular flexibility index (Phi) is 7.69. The molecule has 0 radical (unpaired) electrons. The van der Waals surface area contributed by atoms with Gasteiger partial charge >= 0.3 is 6.03 Å². The molecule has 196 valence electrons. The number of carbonyl (C=O) groups is 2. The van der Waals surface area contributed by atoms with Gasteiger partial charge in [-0.25, -0.2) is 4.79 Å². The number of amides is 3. The Hall–Kier alpha value is -1.47. The Bertz CT molecular complexity index is 888. The molecule has 6 atom stereocenters. The fourth-order valence-electron chi connectivity index (χ4n) is 8.28. The normalized spacial score (nSPS) is 36.3. The average molecular weight is 503 g/mol. The second-order valence-electron chi connectivity index (χ2n) is 12.3. The van der Waals surface area contributed by atoms with Crippen molar-refractivity contribution >= 4 is 29.1 Å². The average Bonchev–Trinajstić information content (AvgIpc) is 3.22. The number of nitrogens with one attached hydrogen (secondary N) is 1. The van der Waals surface area contributed by atoms with Gasteiger partial charge in [0.25, 0.3) is 5.91 Å². The molecule has 0 spiro atoms. The zero-order chi connectivity index (χ0) is 25.5. The van der Waals surface area contributed by atoms with E-state index < -0.39 is 0 Å². The molecule has 3 amide bonds. The van der Waals surface area contributed by atoms with Gasteiger partial charge in [0, 0.05) is 25.6 Å². The highest BCUT2D eigenvalue weighted by molar-refractivity contribution is 7.80.